The van der Waals surface area contributed by atoms with E-state index in [1.165, 1.54) is 12.5 Å². The summed E-state index contributed by atoms with van der Waals surface area (Å²) < 4.78 is 0. The van der Waals surface area contributed by atoms with Crippen LogP contribution in [0.3, 0.4) is 0 Å². The summed E-state index contributed by atoms with van der Waals surface area (Å²) in [4.78, 5) is 14.6. The van der Waals surface area contributed by atoms with Gasteiger partial charge in [0.05, 0.1) is 5.56 Å². The third-order valence-corrected chi connectivity index (χ3v) is 4.00. The van der Waals surface area contributed by atoms with E-state index in [1.807, 2.05) is 6.92 Å². The van der Waals surface area contributed by atoms with Crippen molar-refractivity contribution < 1.29 is 9.90 Å². The van der Waals surface area contributed by atoms with E-state index < -0.39 is 0 Å². The Bertz CT molecular complexity index is 479. The quantitative estimate of drug-likeness (QED) is 0.896. The van der Waals surface area contributed by atoms with Crippen molar-refractivity contribution in [2.75, 3.05) is 19.6 Å². The highest BCUT2D eigenvalue weighted by atomic mass is 16.3. The number of hydrogen-bond acceptors (Lipinski definition) is 3. The molecule has 0 radical (unpaired) electrons. The van der Waals surface area contributed by atoms with Crippen molar-refractivity contribution in [3.05, 3.63) is 29.8 Å². The van der Waals surface area contributed by atoms with Crippen molar-refractivity contribution in [2.45, 2.75) is 33.2 Å². The summed E-state index contributed by atoms with van der Waals surface area (Å²) >= 11 is 0. The van der Waals surface area contributed by atoms with E-state index in [9.17, 15) is 9.90 Å². The van der Waals surface area contributed by atoms with Crippen LogP contribution in [0, 0.1) is 11.8 Å². The predicted octanol–water partition coefficient (Wildman–Crippen LogP) is 2.49. The third kappa shape index (κ3) is 4.46. The number of amides is 1. The zero-order valence-electron chi connectivity index (χ0n) is 13.2. The zero-order valence-corrected chi connectivity index (χ0v) is 13.2. The maximum atomic E-state index is 12.2. The van der Waals surface area contributed by atoms with Crippen LogP contribution in [-0.2, 0) is 0 Å². The molecule has 116 valence electrons. The lowest BCUT2D eigenvalue weighted by Crippen LogP contribution is -2.47. The molecule has 1 aliphatic heterocycles. The van der Waals surface area contributed by atoms with Crippen molar-refractivity contribution in [1.29, 1.82) is 0 Å². The standard InChI is InChI=1S/C17H26N2O2/c1-12-8-13(2)10-19(9-12)11-14(3)18-17(21)15-6-4-5-7-16(15)20/h4-7,12-14,20H,8-11H2,1-3H3,(H,18,21). The van der Waals surface area contributed by atoms with Crippen molar-refractivity contribution in [1.82, 2.24) is 10.2 Å². The molecule has 3 unspecified atom stereocenters. The maximum absolute atomic E-state index is 12.2. The number of benzene rings is 1. The smallest absolute Gasteiger partial charge is 0.255 e. The minimum Gasteiger partial charge on any atom is -0.507 e. The number of nitrogens with one attached hydrogen (secondary N) is 1. The predicted molar refractivity (Wildman–Crippen MR) is 84.4 cm³/mol. The van der Waals surface area contributed by atoms with Crippen molar-refractivity contribution >= 4 is 5.91 Å². The number of aromatic hydroxyl groups is 1. The molecule has 1 aliphatic rings. The number of carbonyl (C=O) groups excluding carboxylic acids is 1. The Hall–Kier alpha value is -1.55. The van der Waals surface area contributed by atoms with Gasteiger partial charge in [0.2, 0.25) is 0 Å². The van der Waals surface area contributed by atoms with Gasteiger partial charge in [0.1, 0.15) is 5.75 Å². The maximum Gasteiger partial charge on any atom is 0.255 e. The first-order valence-electron chi connectivity index (χ1n) is 7.77. The molecule has 1 fully saturated rings. The minimum atomic E-state index is -0.210. The molecule has 4 nitrogen and oxygen atoms in total. The Morgan fingerprint density at radius 3 is 2.57 bits per heavy atom. The molecule has 0 bridgehead atoms. The van der Waals surface area contributed by atoms with Crippen LogP contribution in [0.2, 0.25) is 0 Å². The molecule has 21 heavy (non-hydrogen) atoms. The highest BCUT2D eigenvalue weighted by molar-refractivity contribution is 5.96. The van der Waals surface area contributed by atoms with E-state index in [1.54, 1.807) is 18.2 Å². The van der Waals surface area contributed by atoms with E-state index in [0.717, 1.165) is 31.5 Å². The molecule has 4 heteroatoms. The number of para-hydroxylation sites is 1. The summed E-state index contributed by atoms with van der Waals surface area (Å²) in [5, 5.41) is 12.7. The van der Waals surface area contributed by atoms with Gasteiger partial charge in [0.25, 0.3) is 5.91 Å². The van der Waals surface area contributed by atoms with Gasteiger partial charge < -0.3 is 15.3 Å². The first kappa shape index (κ1) is 15.8. The summed E-state index contributed by atoms with van der Waals surface area (Å²) in [6.07, 6.45) is 1.29. The molecular weight excluding hydrogens is 264 g/mol. The molecule has 3 atom stereocenters. The summed E-state index contributed by atoms with van der Waals surface area (Å²) in [5.41, 5.74) is 0.338. The average Bonchev–Trinajstić information content (AvgIpc) is 2.37. The molecule has 0 spiro atoms. The molecule has 1 amide bonds. The fraction of sp³-hybridized carbons (Fsp3) is 0.588. The number of phenolic OH excluding ortho intramolecular Hbond substituents is 1. The number of nitrogens with zero attached hydrogens (tertiary/aromatic N) is 1. The number of piperidine rings is 1. The van der Waals surface area contributed by atoms with Gasteiger partial charge in [-0.2, -0.15) is 0 Å². The van der Waals surface area contributed by atoms with E-state index in [2.05, 4.69) is 24.1 Å². The fourth-order valence-corrected chi connectivity index (χ4v) is 3.34. The Kier molecular flexibility index (Phi) is 5.23. The number of rotatable bonds is 4. The van der Waals surface area contributed by atoms with Crippen LogP contribution < -0.4 is 5.32 Å². The minimum absolute atomic E-state index is 0.0300. The molecule has 0 aromatic heterocycles. The lowest BCUT2D eigenvalue weighted by atomic mass is 9.92. The van der Waals surface area contributed by atoms with Gasteiger partial charge in [-0.05, 0) is 37.3 Å². The van der Waals surface area contributed by atoms with Crippen molar-refractivity contribution in [3.63, 3.8) is 0 Å². The molecule has 1 saturated heterocycles. The molecule has 1 aromatic carbocycles. The van der Waals surface area contributed by atoms with Crippen molar-refractivity contribution in [3.8, 4) is 5.75 Å². The van der Waals surface area contributed by atoms with E-state index >= 15 is 0 Å². The molecule has 2 N–H and O–H groups in total. The first-order chi connectivity index (χ1) is 9.95. The Morgan fingerprint density at radius 2 is 1.95 bits per heavy atom. The molecule has 1 aromatic rings. The number of hydrogen-bond donors (Lipinski definition) is 2. The largest absolute Gasteiger partial charge is 0.507 e. The van der Waals surface area contributed by atoms with Crippen LogP contribution in [0.1, 0.15) is 37.6 Å². The van der Waals surface area contributed by atoms with E-state index in [4.69, 9.17) is 0 Å². The van der Waals surface area contributed by atoms with Gasteiger partial charge in [-0.25, -0.2) is 0 Å². The lowest BCUT2D eigenvalue weighted by Gasteiger charge is -2.36. The molecule has 2 rings (SSSR count). The average molecular weight is 290 g/mol. The van der Waals surface area contributed by atoms with E-state index in [0.29, 0.717) is 5.56 Å². The van der Waals surface area contributed by atoms with Gasteiger partial charge in [-0.15, -0.1) is 0 Å². The SMILES string of the molecule is CC1CC(C)CN(CC(C)NC(=O)c2ccccc2O)C1. The fourth-order valence-electron chi connectivity index (χ4n) is 3.34. The van der Waals surface area contributed by atoms with Crippen LogP contribution in [0.4, 0.5) is 0 Å². The van der Waals surface area contributed by atoms with Crippen LogP contribution in [-0.4, -0.2) is 41.6 Å². The molecular formula is C17H26N2O2. The van der Waals surface area contributed by atoms with Gasteiger partial charge in [0, 0.05) is 25.7 Å². The van der Waals surface area contributed by atoms with Crippen LogP contribution in [0.15, 0.2) is 24.3 Å². The summed E-state index contributed by atoms with van der Waals surface area (Å²) in [7, 11) is 0. The van der Waals surface area contributed by atoms with Gasteiger partial charge in [-0.1, -0.05) is 26.0 Å². The molecule has 0 aliphatic carbocycles. The Balaban J connectivity index is 1.88. The highest BCUT2D eigenvalue weighted by Gasteiger charge is 2.23. The molecule has 1 heterocycles. The molecule has 0 saturated carbocycles. The highest BCUT2D eigenvalue weighted by Crippen LogP contribution is 2.21. The van der Waals surface area contributed by atoms with Crippen molar-refractivity contribution in [2.24, 2.45) is 11.8 Å². The number of phenols is 1. The van der Waals surface area contributed by atoms with Crippen LogP contribution in [0.5, 0.6) is 5.75 Å². The van der Waals surface area contributed by atoms with E-state index in [-0.39, 0.29) is 17.7 Å². The summed E-state index contributed by atoms with van der Waals surface area (Å²) in [6, 6.07) is 6.71. The zero-order chi connectivity index (χ0) is 15.4. The normalized spacial score (nSPS) is 24.5. The first-order valence-corrected chi connectivity index (χ1v) is 7.77. The Labute approximate surface area is 127 Å². The Morgan fingerprint density at radius 1 is 1.33 bits per heavy atom. The van der Waals surface area contributed by atoms with Gasteiger partial charge >= 0.3 is 0 Å². The van der Waals surface area contributed by atoms with Crippen LogP contribution in [0.25, 0.3) is 0 Å². The number of likely N-dealkylation sites (tertiary alicyclic amines) is 1. The second-order valence-corrected chi connectivity index (χ2v) is 6.56. The lowest BCUT2D eigenvalue weighted by molar-refractivity contribution is 0.0902. The summed E-state index contributed by atoms with van der Waals surface area (Å²) in [6.45, 7) is 9.64. The van der Waals surface area contributed by atoms with Crippen LogP contribution >= 0.6 is 0 Å². The number of carbonyl (C=O) groups is 1. The van der Waals surface area contributed by atoms with Gasteiger partial charge in [-0.3, -0.25) is 4.79 Å². The second-order valence-electron chi connectivity index (χ2n) is 6.56. The monoisotopic (exact) mass is 290 g/mol. The third-order valence-electron chi connectivity index (χ3n) is 4.00. The topological polar surface area (TPSA) is 52.6 Å². The van der Waals surface area contributed by atoms with Gasteiger partial charge in [0.15, 0.2) is 0 Å². The second kappa shape index (κ2) is 6.94. The summed E-state index contributed by atoms with van der Waals surface area (Å²) in [5.74, 6) is 1.26.